The molecule has 0 saturated carbocycles. The van der Waals surface area contributed by atoms with Gasteiger partial charge in [-0.15, -0.1) is 0 Å². The normalized spacial score (nSPS) is 16.6. The van der Waals surface area contributed by atoms with Gasteiger partial charge in [0.2, 0.25) is 5.82 Å². The van der Waals surface area contributed by atoms with Crippen molar-refractivity contribution in [3.63, 3.8) is 0 Å². The highest BCUT2D eigenvalue weighted by Gasteiger charge is 2.27. The van der Waals surface area contributed by atoms with Gasteiger partial charge in [0.1, 0.15) is 5.69 Å². The number of benzene rings is 1. The van der Waals surface area contributed by atoms with Crippen LogP contribution in [0.2, 0.25) is 0 Å². The molecule has 0 radical (unpaired) electrons. The number of hydrogen-bond donors (Lipinski definition) is 0. The predicted octanol–water partition coefficient (Wildman–Crippen LogP) is 3.75. The minimum atomic E-state index is -0.752. The average molecular weight is 266 g/mol. The van der Waals surface area contributed by atoms with Crippen molar-refractivity contribution in [1.82, 2.24) is 0 Å². The lowest BCUT2D eigenvalue weighted by atomic mass is 9.92. The van der Waals surface area contributed by atoms with Crippen molar-refractivity contribution in [2.45, 2.75) is 32.6 Å². The van der Waals surface area contributed by atoms with Crippen LogP contribution in [-0.2, 0) is 0 Å². The van der Waals surface area contributed by atoms with Gasteiger partial charge in [0.15, 0.2) is 0 Å². The molecule has 0 amide bonds. The van der Waals surface area contributed by atoms with Crippen molar-refractivity contribution >= 4 is 11.4 Å². The second-order valence-corrected chi connectivity index (χ2v) is 5.08. The van der Waals surface area contributed by atoms with Gasteiger partial charge in [-0.2, -0.15) is 4.39 Å². The summed E-state index contributed by atoms with van der Waals surface area (Å²) in [6.45, 7) is 3.72. The van der Waals surface area contributed by atoms with Crippen LogP contribution in [0.1, 0.15) is 32.6 Å². The van der Waals surface area contributed by atoms with E-state index in [0.717, 1.165) is 32.0 Å². The van der Waals surface area contributed by atoms with Gasteiger partial charge >= 0.3 is 5.69 Å². The van der Waals surface area contributed by atoms with E-state index in [9.17, 15) is 14.5 Å². The fourth-order valence-electron chi connectivity index (χ4n) is 2.81. The van der Waals surface area contributed by atoms with Crippen molar-refractivity contribution < 1.29 is 9.31 Å². The maximum atomic E-state index is 13.6. The number of halogens is 1. The number of nitro benzene ring substituents is 1. The first-order valence-electron chi connectivity index (χ1n) is 6.81. The highest BCUT2D eigenvalue weighted by Crippen LogP contribution is 2.34. The van der Waals surface area contributed by atoms with E-state index in [1.54, 1.807) is 6.07 Å². The van der Waals surface area contributed by atoms with Crippen LogP contribution in [0.3, 0.4) is 0 Å². The summed E-state index contributed by atoms with van der Waals surface area (Å²) in [5, 5.41) is 11.0. The molecule has 1 aromatic rings. The molecule has 1 aromatic carbocycles. The van der Waals surface area contributed by atoms with Gasteiger partial charge in [-0.05, 0) is 30.9 Å². The van der Waals surface area contributed by atoms with Crippen LogP contribution in [-0.4, -0.2) is 18.0 Å². The summed E-state index contributed by atoms with van der Waals surface area (Å²) in [5.41, 5.74) is 0.0244. The molecule has 0 bridgehead atoms. The molecule has 19 heavy (non-hydrogen) atoms. The van der Waals surface area contributed by atoms with Crippen molar-refractivity contribution in [2.24, 2.45) is 5.92 Å². The van der Waals surface area contributed by atoms with E-state index in [-0.39, 0.29) is 0 Å². The van der Waals surface area contributed by atoms with Gasteiger partial charge in [0.05, 0.1) is 4.92 Å². The summed E-state index contributed by atoms with van der Waals surface area (Å²) in [6, 6.07) is 4.32. The lowest BCUT2D eigenvalue weighted by Gasteiger charge is -2.33. The van der Waals surface area contributed by atoms with E-state index in [0.29, 0.717) is 11.6 Å². The van der Waals surface area contributed by atoms with Crippen molar-refractivity contribution in [2.75, 3.05) is 18.0 Å². The number of piperidine rings is 1. The fourth-order valence-corrected chi connectivity index (χ4v) is 2.81. The molecule has 104 valence electrons. The third-order valence-corrected chi connectivity index (χ3v) is 3.80. The molecule has 4 nitrogen and oxygen atoms in total. The summed E-state index contributed by atoms with van der Waals surface area (Å²) in [6.07, 6.45) is 4.44. The number of anilines is 1. The van der Waals surface area contributed by atoms with Crippen LogP contribution in [0.25, 0.3) is 0 Å². The van der Waals surface area contributed by atoms with E-state index in [1.165, 1.54) is 18.9 Å². The Balaban J connectivity index is 2.15. The summed E-state index contributed by atoms with van der Waals surface area (Å²) < 4.78 is 13.6. The molecule has 0 aliphatic carbocycles. The third-order valence-electron chi connectivity index (χ3n) is 3.80. The van der Waals surface area contributed by atoms with Gasteiger partial charge < -0.3 is 4.90 Å². The SMILES string of the molecule is CCCC1CCN(c2cccc(F)c2[N+](=O)[O-])CC1. The molecule has 1 aliphatic heterocycles. The maximum absolute atomic E-state index is 13.6. The Bertz CT molecular complexity index is 457. The van der Waals surface area contributed by atoms with E-state index < -0.39 is 16.4 Å². The Morgan fingerprint density at radius 1 is 1.42 bits per heavy atom. The van der Waals surface area contributed by atoms with E-state index in [4.69, 9.17) is 0 Å². The second-order valence-electron chi connectivity index (χ2n) is 5.08. The van der Waals surface area contributed by atoms with E-state index in [2.05, 4.69) is 6.92 Å². The Labute approximate surface area is 112 Å². The average Bonchev–Trinajstić information content (AvgIpc) is 2.39. The van der Waals surface area contributed by atoms with Gasteiger partial charge in [-0.3, -0.25) is 10.1 Å². The summed E-state index contributed by atoms with van der Waals surface area (Å²) >= 11 is 0. The molecule has 0 atom stereocenters. The molecule has 1 heterocycles. The van der Waals surface area contributed by atoms with E-state index in [1.807, 2.05) is 4.90 Å². The highest BCUT2D eigenvalue weighted by molar-refractivity contribution is 5.64. The fraction of sp³-hybridized carbons (Fsp3) is 0.571. The van der Waals surface area contributed by atoms with Gasteiger partial charge in [-0.1, -0.05) is 25.8 Å². The zero-order chi connectivity index (χ0) is 13.8. The standard InChI is InChI=1S/C14H19FN2O2/c1-2-4-11-7-9-16(10-8-11)13-6-3-5-12(15)14(13)17(18)19/h3,5-6,11H,2,4,7-10H2,1H3. The van der Waals surface area contributed by atoms with Crippen molar-refractivity contribution in [1.29, 1.82) is 0 Å². The van der Waals surface area contributed by atoms with E-state index >= 15 is 0 Å². The minimum absolute atomic E-state index is 0.392. The van der Waals surface area contributed by atoms with Crippen LogP contribution < -0.4 is 4.90 Å². The smallest absolute Gasteiger partial charge is 0.327 e. The molecule has 0 aromatic heterocycles. The lowest BCUT2D eigenvalue weighted by molar-refractivity contribution is -0.386. The lowest BCUT2D eigenvalue weighted by Crippen LogP contribution is -2.34. The number of rotatable bonds is 4. The molecule has 1 aliphatic rings. The molecule has 2 rings (SSSR count). The summed E-state index contributed by atoms with van der Waals surface area (Å²) in [5.74, 6) is -0.0490. The Morgan fingerprint density at radius 2 is 2.11 bits per heavy atom. The number of hydrogen-bond acceptors (Lipinski definition) is 3. The molecule has 0 N–H and O–H groups in total. The first-order valence-corrected chi connectivity index (χ1v) is 6.81. The summed E-state index contributed by atoms with van der Waals surface area (Å²) in [4.78, 5) is 12.3. The first kappa shape index (κ1) is 13.8. The van der Waals surface area contributed by atoms with Crippen LogP contribution in [0.15, 0.2) is 18.2 Å². The van der Waals surface area contributed by atoms with Gasteiger partial charge in [-0.25, -0.2) is 0 Å². The van der Waals surface area contributed by atoms with Crippen LogP contribution >= 0.6 is 0 Å². The Kier molecular flexibility index (Phi) is 4.35. The zero-order valence-electron chi connectivity index (χ0n) is 11.1. The van der Waals surface area contributed by atoms with Crippen molar-refractivity contribution in [3.05, 3.63) is 34.1 Å². The number of nitro groups is 1. The maximum Gasteiger partial charge on any atom is 0.327 e. The van der Waals surface area contributed by atoms with Crippen molar-refractivity contribution in [3.8, 4) is 0 Å². The Hall–Kier alpha value is -1.65. The quantitative estimate of drug-likeness (QED) is 0.616. The molecule has 1 fully saturated rings. The first-order chi connectivity index (χ1) is 9.13. The van der Waals surface area contributed by atoms with Gasteiger partial charge in [0.25, 0.3) is 0 Å². The van der Waals surface area contributed by atoms with Crippen LogP contribution in [0, 0.1) is 21.8 Å². The topological polar surface area (TPSA) is 46.4 Å². The third kappa shape index (κ3) is 3.03. The van der Waals surface area contributed by atoms with Crippen LogP contribution in [0.4, 0.5) is 15.8 Å². The molecular weight excluding hydrogens is 247 g/mol. The number of para-hydroxylation sites is 1. The molecular formula is C14H19FN2O2. The zero-order valence-corrected chi connectivity index (χ0v) is 11.1. The second kappa shape index (κ2) is 5.99. The Morgan fingerprint density at radius 3 is 2.68 bits per heavy atom. The molecule has 0 spiro atoms. The van der Waals surface area contributed by atoms with Crippen LogP contribution in [0.5, 0.6) is 0 Å². The largest absolute Gasteiger partial charge is 0.366 e. The monoisotopic (exact) mass is 266 g/mol. The van der Waals surface area contributed by atoms with Gasteiger partial charge in [0, 0.05) is 13.1 Å². The summed E-state index contributed by atoms with van der Waals surface area (Å²) in [7, 11) is 0. The molecule has 0 unspecified atom stereocenters. The predicted molar refractivity (Wildman–Crippen MR) is 72.9 cm³/mol. The molecule has 5 heteroatoms. The minimum Gasteiger partial charge on any atom is -0.366 e. The number of nitrogens with zero attached hydrogens (tertiary/aromatic N) is 2. The molecule has 1 saturated heterocycles. The highest BCUT2D eigenvalue weighted by atomic mass is 19.1.